The average Bonchev–Trinajstić information content (AvgIpc) is 2.81. The molecule has 0 bridgehead atoms. The molecule has 5 nitrogen and oxygen atoms in total. The molecular formula is C12H20N4O. The van der Waals surface area contributed by atoms with E-state index in [1.165, 1.54) is 19.3 Å². The summed E-state index contributed by atoms with van der Waals surface area (Å²) in [6.07, 6.45) is 6.28. The minimum absolute atomic E-state index is 0.443. The molecule has 1 saturated heterocycles. The lowest BCUT2D eigenvalue weighted by atomic mass is 10.0. The summed E-state index contributed by atoms with van der Waals surface area (Å²) in [5, 5.41) is 11.8. The number of aryl methyl sites for hydroxylation is 1. The Morgan fingerprint density at radius 1 is 1.35 bits per heavy atom. The zero-order valence-electron chi connectivity index (χ0n) is 10.2. The Hall–Kier alpha value is -0.940. The Morgan fingerprint density at radius 3 is 3.24 bits per heavy atom. The second kappa shape index (κ2) is 5.14. The Balaban J connectivity index is 1.59. The third-order valence-electron chi connectivity index (χ3n) is 3.66. The highest BCUT2D eigenvalue weighted by molar-refractivity contribution is 4.99. The van der Waals surface area contributed by atoms with Gasteiger partial charge in [0.25, 0.3) is 0 Å². The first-order valence-electron chi connectivity index (χ1n) is 6.67. The van der Waals surface area contributed by atoms with Gasteiger partial charge in [-0.15, -0.1) is 10.2 Å². The van der Waals surface area contributed by atoms with Crippen molar-refractivity contribution in [2.45, 2.75) is 51.3 Å². The standard InChI is InChI=1S/C12H20N4O/c1-2-8-17-10(3-1)4-5-11-14-15-12-9-13-6-7-16(11)12/h10,13H,1-9H2. The lowest BCUT2D eigenvalue weighted by Crippen LogP contribution is -2.29. The highest BCUT2D eigenvalue weighted by Gasteiger charge is 2.18. The first-order chi connectivity index (χ1) is 8.43. The molecule has 1 atom stereocenters. The topological polar surface area (TPSA) is 52.0 Å². The van der Waals surface area contributed by atoms with Crippen LogP contribution in [-0.4, -0.2) is 34.0 Å². The lowest BCUT2D eigenvalue weighted by molar-refractivity contribution is 0.0111. The Labute approximate surface area is 102 Å². The SMILES string of the molecule is C1CCC(CCc2nnc3n2CCNC3)OC1. The van der Waals surface area contributed by atoms with E-state index in [2.05, 4.69) is 20.1 Å². The molecule has 1 fully saturated rings. The van der Waals surface area contributed by atoms with E-state index in [9.17, 15) is 0 Å². The van der Waals surface area contributed by atoms with Crippen molar-refractivity contribution in [3.05, 3.63) is 11.6 Å². The van der Waals surface area contributed by atoms with Gasteiger partial charge in [0.05, 0.1) is 12.6 Å². The molecule has 1 aromatic rings. The van der Waals surface area contributed by atoms with Crippen molar-refractivity contribution < 1.29 is 4.74 Å². The van der Waals surface area contributed by atoms with Gasteiger partial charge in [0.15, 0.2) is 0 Å². The average molecular weight is 236 g/mol. The van der Waals surface area contributed by atoms with Gasteiger partial charge in [0, 0.05) is 26.1 Å². The number of nitrogens with zero attached hydrogens (tertiary/aromatic N) is 3. The highest BCUT2D eigenvalue weighted by atomic mass is 16.5. The molecule has 0 aromatic carbocycles. The lowest BCUT2D eigenvalue weighted by Gasteiger charge is -2.22. The van der Waals surface area contributed by atoms with Gasteiger partial charge in [-0.05, 0) is 25.7 Å². The van der Waals surface area contributed by atoms with Crippen LogP contribution in [0, 0.1) is 0 Å². The van der Waals surface area contributed by atoms with Crippen molar-refractivity contribution in [2.24, 2.45) is 0 Å². The summed E-state index contributed by atoms with van der Waals surface area (Å²) in [6.45, 7) is 3.82. The van der Waals surface area contributed by atoms with Gasteiger partial charge in [-0.2, -0.15) is 0 Å². The van der Waals surface area contributed by atoms with E-state index in [0.29, 0.717) is 6.10 Å². The normalized spacial score (nSPS) is 24.6. The van der Waals surface area contributed by atoms with E-state index in [0.717, 1.165) is 50.7 Å². The van der Waals surface area contributed by atoms with E-state index in [-0.39, 0.29) is 0 Å². The van der Waals surface area contributed by atoms with Crippen LogP contribution in [0.1, 0.15) is 37.3 Å². The predicted molar refractivity (Wildman–Crippen MR) is 63.6 cm³/mol. The van der Waals surface area contributed by atoms with E-state index in [1.54, 1.807) is 0 Å². The quantitative estimate of drug-likeness (QED) is 0.846. The summed E-state index contributed by atoms with van der Waals surface area (Å²) in [5.74, 6) is 2.21. The maximum Gasteiger partial charge on any atom is 0.147 e. The molecule has 0 amide bonds. The third kappa shape index (κ3) is 2.50. The van der Waals surface area contributed by atoms with Crippen LogP contribution >= 0.6 is 0 Å². The van der Waals surface area contributed by atoms with Crippen molar-refractivity contribution in [1.29, 1.82) is 0 Å². The minimum atomic E-state index is 0.443. The number of hydrogen-bond donors (Lipinski definition) is 1. The molecule has 94 valence electrons. The van der Waals surface area contributed by atoms with Crippen molar-refractivity contribution in [2.75, 3.05) is 13.2 Å². The Kier molecular flexibility index (Phi) is 3.38. The van der Waals surface area contributed by atoms with Gasteiger partial charge in [-0.1, -0.05) is 0 Å². The van der Waals surface area contributed by atoms with Crippen molar-refractivity contribution in [3.8, 4) is 0 Å². The molecule has 1 N–H and O–H groups in total. The fourth-order valence-corrected chi connectivity index (χ4v) is 2.66. The second-order valence-electron chi connectivity index (χ2n) is 4.89. The van der Waals surface area contributed by atoms with Crippen LogP contribution in [0.15, 0.2) is 0 Å². The van der Waals surface area contributed by atoms with Gasteiger partial charge in [-0.25, -0.2) is 0 Å². The fourth-order valence-electron chi connectivity index (χ4n) is 2.66. The molecule has 1 aromatic heterocycles. The van der Waals surface area contributed by atoms with Crippen LogP contribution in [0.25, 0.3) is 0 Å². The van der Waals surface area contributed by atoms with Crippen molar-refractivity contribution in [3.63, 3.8) is 0 Å². The van der Waals surface area contributed by atoms with Gasteiger partial charge >= 0.3 is 0 Å². The van der Waals surface area contributed by atoms with Crippen LogP contribution in [0.3, 0.4) is 0 Å². The van der Waals surface area contributed by atoms with E-state index < -0.39 is 0 Å². The zero-order chi connectivity index (χ0) is 11.5. The number of aromatic nitrogens is 3. The third-order valence-corrected chi connectivity index (χ3v) is 3.66. The largest absolute Gasteiger partial charge is 0.378 e. The van der Waals surface area contributed by atoms with Crippen LogP contribution < -0.4 is 5.32 Å². The molecule has 2 aliphatic heterocycles. The summed E-state index contributed by atoms with van der Waals surface area (Å²) < 4.78 is 8.01. The molecule has 0 aliphatic carbocycles. The Morgan fingerprint density at radius 2 is 2.35 bits per heavy atom. The molecule has 5 heteroatoms. The molecular weight excluding hydrogens is 216 g/mol. The number of fused-ring (bicyclic) bond motifs is 1. The summed E-state index contributed by atoms with van der Waals surface area (Å²) >= 11 is 0. The van der Waals surface area contributed by atoms with E-state index in [1.807, 2.05) is 0 Å². The van der Waals surface area contributed by atoms with Crippen LogP contribution in [0.2, 0.25) is 0 Å². The minimum Gasteiger partial charge on any atom is -0.378 e. The van der Waals surface area contributed by atoms with E-state index >= 15 is 0 Å². The van der Waals surface area contributed by atoms with E-state index in [4.69, 9.17) is 4.74 Å². The maximum atomic E-state index is 5.75. The summed E-state index contributed by atoms with van der Waals surface area (Å²) in [4.78, 5) is 0. The molecule has 3 rings (SSSR count). The number of hydrogen-bond acceptors (Lipinski definition) is 4. The first-order valence-corrected chi connectivity index (χ1v) is 6.67. The summed E-state index contributed by atoms with van der Waals surface area (Å²) in [7, 11) is 0. The Bertz CT molecular complexity index is 371. The van der Waals surface area contributed by atoms with Gasteiger partial charge in [-0.3, -0.25) is 0 Å². The molecule has 3 heterocycles. The predicted octanol–water partition coefficient (Wildman–Crippen LogP) is 0.883. The summed E-state index contributed by atoms with van der Waals surface area (Å²) in [6, 6.07) is 0. The monoisotopic (exact) mass is 236 g/mol. The van der Waals surface area contributed by atoms with Gasteiger partial charge in [0.1, 0.15) is 11.6 Å². The molecule has 0 saturated carbocycles. The number of ether oxygens (including phenoxy) is 1. The van der Waals surface area contributed by atoms with Crippen molar-refractivity contribution >= 4 is 0 Å². The highest BCUT2D eigenvalue weighted by Crippen LogP contribution is 2.18. The summed E-state index contributed by atoms with van der Waals surface area (Å²) in [5.41, 5.74) is 0. The molecule has 17 heavy (non-hydrogen) atoms. The van der Waals surface area contributed by atoms with Gasteiger partial charge < -0.3 is 14.6 Å². The first kappa shape index (κ1) is 11.2. The number of rotatable bonds is 3. The smallest absolute Gasteiger partial charge is 0.147 e. The van der Waals surface area contributed by atoms with Gasteiger partial charge in [0.2, 0.25) is 0 Å². The zero-order valence-corrected chi connectivity index (χ0v) is 10.2. The van der Waals surface area contributed by atoms with Crippen molar-refractivity contribution in [1.82, 2.24) is 20.1 Å². The van der Waals surface area contributed by atoms with Crippen LogP contribution in [0.5, 0.6) is 0 Å². The molecule has 1 unspecified atom stereocenters. The molecule has 0 radical (unpaired) electrons. The fraction of sp³-hybridized carbons (Fsp3) is 0.833. The second-order valence-corrected chi connectivity index (χ2v) is 4.89. The molecule has 0 spiro atoms. The van der Waals surface area contributed by atoms with Crippen LogP contribution in [0.4, 0.5) is 0 Å². The number of nitrogens with one attached hydrogen (secondary N) is 1. The maximum absolute atomic E-state index is 5.75. The molecule has 2 aliphatic rings. The van der Waals surface area contributed by atoms with Crippen LogP contribution in [-0.2, 0) is 24.2 Å².